The molecular formula is C15H15F3N2S. The SMILES string of the molecule is CSc1ccccc1C(NN)c1ccc(C(F)(F)F)cc1. The Balaban J connectivity index is 2.38. The van der Waals surface area contributed by atoms with Gasteiger partial charge in [0.25, 0.3) is 0 Å². The summed E-state index contributed by atoms with van der Waals surface area (Å²) in [5.41, 5.74) is 3.63. The number of rotatable bonds is 4. The van der Waals surface area contributed by atoms with Crippen molar-refractivity contribution in [3.8, 4) is 0 Å². The third-order valence-corrected chi connectivity index (χ3v) is 4.00. The van der Waals surface area contributed by atoms with Crippen molar-refractivity contribution in [3.05, 3.63) is 65.2 Å². The number of nitrogens with two attached hydrogens (primary N) is 1. The number of hydrogen-bond donors (Lipinski definition) is 2. The van der Waals surface area contributed by atoms with Gasteiger partial charge in [0.05, 0.1) is 11.6 Å². The fraction of sp³-hybridized carbons (Fsp3) is 0.200. The van der Waals surface area contributed by atoms with Gasteiger partial charge in [0.15, 0.2) is 0 Å². The van der Waals surface area contributed by atoms with E-state index < -0.39 is 11.7 Å². The normalized spacial score (nSPS) is 13.2. The number of hydrazine groups is 1. The van der Waals surface area contributed by atoms with Crippen LogP contribution < -0.4 is 11.3 Å². The monoisotopic (exact) mass is 312 g/mol. The molecule has 0 radical (unpaired) electrons. The van der Waals surface area contributed by atoms with E-state index in [-0.39, 0.29) is 6.04 Å². The number of hydrogen-bond acceptors (Lipinski definition) is 3. The first-order valence-corrected chi connectivity index (χ1v) is 7.46. The number of benzene rings is 2. The van der Waals surface area contributed by atoms with E-state index in [9.17, 15) is 13.2 Å². The molecule has 0 aromatic heterocycles. The Morgan fingerprint density at radius 2 is 1.67 bits per heavy atom. The predicted octanol–water partition coefficient (Wildman–Crippen LogP) is 3.98. The van der Waals surface area contributed by atoms with Crippen molar-refractivity contribution in [1.82, 2.24) is 5.43 Å². The second kappa shape index (κ2) is 6.51. The molecule has 0 aliphatic carbocycles. The first-order chi connectivity index (χ1) is 9.97. The van der Waals surface area contributed by atoms with E-state index in [4.69, 9.17) is 5.84 Å². The van der Waals surface area contributed by atoms with E-state index in [0.29, 0.717) is 5.56 Å². The molecule has 0 amide bonds. The third-order valence-electron chi connectivity index (χ3n) is 3.19. The minimum atomic E-state index is -4.33. The van der Waals surface area contributed by atoms with Gasteiger partial charge in [-0.3, -0.25) is 5.84 Å². The van der Waals surface area contributed by atoms with Gasteiger partial charge >= 0.3 is 6.18 Å². The molecule has 1 unspecified atom stereocenters. The second-order valence-corrected chi connectivity index (χ2v) is 5.31. The lowest BCUT2D eigenvalue weighted by Crippen LogP contribution is -2.29. The van der Waals surface area contributed by atoms with Gasteiger partial charge in [-0.15, -0.1) is 11.8 Å². The van der Waals surface area contributed by atoms with E-state index in [0.717, 1.165) is 22.6 Å². The summed E-state index contributed by atoms with van der Waals surface area (Å²) < 4.78 is 37.8. The summed E-state index contributed by atoms with van der Waals surface area (Å²) in [5, 5.41) is 0. The lowest BCUT2D eigenvalue weighted by Gasteiger charge is -2.20. The highest BCUT2D eigenvalue weighted by atomic mass is 32.2. The molecule has 2 rings (SSSR count). The van der Waals surface area contributed by atoms with Gasteiger partial charge in [0, 0.05) is 4.90 Å². The van der Waals surface area contributed by atoms with Crippen LogP contribution >= 0.6 is 11.8 Å². The zero-order valence-corrected chi connectivity index (χ0v) is 12.1. The van der Waals surface area contributed by atoms with Crippen molar-refractivity contribution in [3.63, 3.8) is 0 Å². The average molecular weight is 312 g/mol. The first kappa shape index (κ1) is 15.9. The minimum Gasteiger partial charge on any atom is -0.271 e. The number of thioether (sulfide) groups is 1. The summed E-state index contributed by atoms with van der Waals surface area (Å²) in [7, 11) is 0. The zero-order chi connectivity index (χ0) is 15.5. The lowest BCUT2D eigenvalue weighted by molar-refractivity contribution is -0.137. The molecule has 0 saturated heterocycles. The molecular weight excluding hydrogens is 297 g/mol. The van der Waals surface area contributed by atoms with E-state index in [1.165, 1.54) is 12.1 Å². The third kappa shape index (κ3) is 3.58. The van der Waals surface area contributed by atoms with Crippen LogP contribution in [-0.2, 0) is 6.18 Å². The molecule has 0 fully saturated rings. The summed E-state index contributed by atoms with van der Waals surface area (Å²) >= 11 is 1.57. The summed E-state index contributed by atoms with van der Waals surface area (Å²) in [5.74, 6) is 5.60. The predicted molar refractivity (Wildman–Crippen MR) is 78.8 cm³/mol. The van der Waals surface area contributed by atoms with Gasteiger partial charge in [-0.2, -0.15) is 13.2 Å². The van der Waals surface area contributed by atoms with Crippen LogP contribution in [0.15, 0.2) is 53.4 Å². The molecule has 0 bridgehead atoms. The van der Waals surface area contributed by atoms with Crippen LogP contribution in [0.4, 0.5) is 13.2 Å². The minimum absolute atomic E-state index is 0.351. The van der Waals surface area contributed by atoms with Crippen molar-refractivity contribution in [1.29, 1.82) is 0 Å². The van der Waals surface area contributed by atoms with Crippen LogP contribution in [0, 0.1) is 0 Å². The van der Waals surface area contributed by atoms with Gasteiger partial charge in [-0.05, 0) is 35.6 Å². The van der Waals surface area contributed by atoms with E-state index in [1.54, 1.807) is 11.8 Å². The highest BCUT2D eigenvalue weighted by Gasteiger charge is 2.30. The number of alkyl halides is 3. The molecule has 6 heteroatoms. The zero-order valence-electron chi connectivity index (χ0n) is 11.3. The Bertz CT molecular complexity index is 597. The van der Waals surface area contributed by atoms with Crippen molar-refractivity contribution in [2.24, 2.45) is 5.84 Å². The van der Waals surface area contributed by atoms with Gasteiger partial charge in [-0.1, -0.05) is 30.3 Å². The van der Waals surface area contributed by atoms with Gasteiger partial charge < -0.3 is 0 Å². The van der Waals surface area contributed by atoms with Crippen molar-refractivity contribution in [2.75, 3.05) is 6.26 Å². The average Bonchev–Trinajstić information content (AvgIpc) is 2.48. The number of halogens is 3. The van der Waals surface area contributed by atoms with Crippen molar-refractivity contribution >= 4 is 11.8 Å². The summed E-state index contributed by atoms with van der Waals surface area (Å²) in [6.45, 7) is 0. The Morgan fingerprint density at radius 3 is 2.19 bits per heavy atom. The van der Waals surface area contributed by atoms with E-state index in [1.807, 2.05) is 30.5 Å². The number of nitrogens with one attached hydrogen (secondary N) is 1. The molecule has 112 valence electrons. The summed E-state index contributed by atoms with van der Waals surface area (Å²) in [6.07, 6.45) is -2.39. The molecule has 3 N–H and O–H groups in total. The molecule has 2 aromatic rings. The van der Waals surface area contributed by atoms with Gasteiger partial charge in [0.1, 0.15) is 0 Å². The van der Waals surface area contributed by atoms with E-state index >= 15 is 0 Å². The highest BCUT2D eigenvalue weighted by Crippen LogP contribution is 2.33. The molecule has 0 aliphatic heterocycles. The summed E-state index contributed by atoms with van der Waals surface area (Å²) in [6, 6.07) is 12.3. The van der Waals surface area contributed by atoms with Crippen LogP contribution in [0.3, 0.4) is 0 Å². The maximum absolute atomic E-state index is 12.6. The Morgan fingerprint density at radius 1 is 1.05 bits per heavy atom. The van der Waals surface area contributed by atoms with E-state index in [2.05, 4.69) is 5.43 Å². The van der Waals surface area contributed by atoms with Crippen LogP contribution in [0.2, 0.25) is 0 Å². The van der Waals surface area contributed by atoms with Crippen LogP contribution in [0.1, 0.15) is 22.7 Å². The smallest absolute Gasteiger partial charge is 0.271 e. The maximum Gasteiger partial charge on any atom is 0.416 e. The van der Waals surface area contributed by atoms with Gasteiger partial charge in [-0.25, -0.2) is 5.43 Å². The van der Waals surface area contributed by atoms with Crippen LogP contribution in [0.25, 0.3) is 0 Å². The molecule has 2 nitrogen and oxygen atoms in total. The topological polar surface area (TPSA) is 38.0 Å². The fourth-order valence-corrected chi connectivity index (χ4v) is 2.77. The summed E-state index contributed by atoms with van der Waals surface area (Å²) in [4.78, 5) is 1.03. The largest absolute Gasteiger partial charge is 0.416 e. The first-order valence-electron chi connectivity index (χ1n) is 6.23. The van der Waals surface area contributed by atoms with Crippen LogP contribution in [0.5, 0.6) is 0 Å². The highest BCUT2D eigenvalue weighted by molar-refractivity contribution is 7.98. The quantitative estimate of drug-likeness (QED) is 0.509. The van der Waals surface area contributed by atoms with Crippen molar-refractivity contribution in [2.45, 2.75) is 17.1 Å². The molecule has 0 heterocycles. The molecule has 2 aromatic carbocycles. The standard InChI is InChI=1S/C15H15F3N2S/c1-21-13-5-3-2-4-12(13)14(20-19)10-6-8-11(9-7-10)15(16,17)18/h2-9,14,20H,19H2,1H3. The Hall–Kier alpha value is -1.50. The van der Waals surface area contributed by atoms with Gasteiger partial charge in [0.2, 0.25) is 0 Å². The molecule has 1 atom stereocenters. The lowest BCUT2D eigenvalue weighted by atomic mass is 9.98. The molecule has 0 saturated carbocycles. The fourth-order valence-electron chi connectivity index (χ4n) is 2.14. The maximum atomic E-state index is 12.6. The molecule has 21 heavy (non-hydrogen) atoms. The molecule has 0 aliphatic rings. The van der Waals surface area contributed by atoms with Crippen molar-refractivity contribution < 1.29 is 13.2 Å². The Labute approximate surface area is 125 Å². The van der Waals surface area contributed by atoms with Crippen LogP contribution in [-0.4, -0.2) is 6.26 Å². The Kier molecular flexibility index (Phi) is 4.92. The molecule has 0 spiro atoms. The second-order valence-electron chi connectivity index (χ2n) is 4.46.